The molecule has 0 aliphatic carbocycles. The minimum Gasteiger partial charge on any atom is -0.394 e. The first-order valence-electron chi connectivity index (χ1n) is 21.6. The lowest BCUT2D eigenvalue weighted by molar-refractivity contribution is -0.130. The molecule has 368 valence electrons. The van der Waals surface area contributed by atoms with E-state index < -0.39 is 79.9 Å². The van der Waals surface area contributed by atoms with Gasteiger partial charge in [-0.1, -0.05) is 60.1 Å². The lowest BCUT2D eigenvalue weighted by atomic mass is 9.93. The van der Waals surface area contributed by atoms with E-state index in [1.165, 1.54) is 4.90 Å². The van der Waals surface area contributed by atoms with Gasteiger partial charge in [-0.3, -0.25) is 25.2 Å². The van der Waals surface area contributed by atoms with E-state index >= 15 is 0 Å². The fraction of sp³-hybridized carbons (Fsp3) is 0.477. The zero-order chi connectivity index (χ0) is 49.4. The Balaban J connectivity index is 1.27. The largest absolute Gasteiger partial charge is 0.394 e. The number of nitrogen functional groups attached to an aromatic ring is 2. The van der Waals surface area contributed by atoms with E-state index in [1.807, 2.05) is 36.4 Å². The van der Waals surface area contributed by atoms with E-state index in [1.54, 1.807) is 24.3 Å². The zero-order valence-corrected chi connectivity index (χ0v) is 37.5. The molecule has 4 rings (SSSR count). The van der Waals surface area contributed by atoms with Gasteiger partial charge < -0.3 is 78.9 Å². The molecule has 0 saturated heterocycles. The van der Waals surface area contributed by atoms with Gasteiger partial charge in [0.15, 0.2) is 28.4 Å². The summed E-state index contributed by atoms with van der Waals surface area (Å²) in [5.41, 5.74) is 20.8. The van der Waals surface area contributed by atoms with E-state index in [0.29, 0.717) is 31.5 Å². The van der Waals surface area contributed by atoms with Crippen molar-refractivity contribution in [3.63, 3.8) is 0 Å². The van der Waals surface area contributed by atoms with Gasteiger partial charge in [0.25, 0.3) is 5.91 Å². The number of rotatable bonds is 26. The number of unbranched alkanes of at least 4 members (excludes halogenated alkanes) is 1. The molecule has 1 aromatic heterocycles. The highest BCUT2D eigenvalue weighted by Crippen LogP contribution is 2.26. The van der Waals surface area contributed by atoms with Crippen LogP contribution in [0.25, 0.3) is 10.8 Å². The molecule has 0 saturated carbocycles. The highest BCUT2D eigenvalue weighted by atomic mass is 35.5. The molecule has 0 radical (unpaired) electrons. The van der Waals surface area contributed by atoms with Gasteiger partial charge in [-0.25, -0.2) is 9.97 Å². The second kappa shape index (κ2) is 26.4. The first kappa shape index (κ1) is 54.4. The lowest BCUT2D eigenvalue weighted by Gasteiger charge is -2.33. The van der Waals surface area contributed by atoms with Crippen molar-refractivity contribution >= 4 is 57.5 Å². The van der Waals surface area contributed by atoms with Gasteiger partial charge in [0.05, 0.1) is 31.5 Å². The van der Waals surface area contributed by atoms with Crippen molar-refractivity contribution in [2.45, 2.75) is 93.4 Å². The fourth-order valence-corrected chi connectivity index (χ4v) is 7.38. The summed E-state index contributed by atoms with van der Waals surface area (Å²) in [4.78, 5) is 34.8. The second-order valence-electron chi connectivity index (χ2n) is 16.2. The quantitative estimate of drug-likeness (QED) is 0.0173. The fourth-order valence-electron chi connectivity index (χ4n) is 7.25. The van der Waals surface area contributed by atoms with Gasteiger partial charge in [-0.2, -0.15) is 0 Å². The maximum absolute atomic E-state index is 13.3. The van der Waals surface area contributed by atoms with Gasteiger partial charge in [0.2, 0.25) is 5.91 Å². The number of aliphatic hydroxyl groups is 10. The zero-order valence-electron chi connectivity index (χ0n) is 36.7. The minimum absolute atomic E-state index is 0.113. The van der Waals surface area contributed by atoms with Crippen LogP contribution >= 0.6 is 11.6 Å². The molecule has 67 heavy (non-hydrogen) atoms. The Labute approximate surface area is 391 Å². The Morgan fingerprint density at radius 2 is 1.25 bits per heavy atom. The number of halogens is 1. The van der Waals surface area contributed by atoms with Gasteiger partial charge >= 0.3 is 0 Å². The molecule has 0 aliphatic rings. The highest BCUT2D eigenvalue weighted by Gasteiger charge is 2.34. The van der Waals surface area contributed by atoms with E-state index in [4.69, 9.17) is 44.4 Å². The predicted octanol–water partition coefficient (Wildman–Crippen LogP) is -2.66. The van der Waals surface area contributed by atoms with Gasteiger partial charge in [0.1, 0.15) is 36.6 Å². The molecule has 1 heterocycles. The number of guanidine groups is 1. The topological polar surface area (TPSA) is 403 Å². The summed E-state index contributed by atoms with van der Waals surface area (Å²) in [6, 6.07) is 17.9. The predicted molar refractivity (Wildman–Crippen MR) is 250 cm³/mol. The normalized spacial score (nSPS) is 15.8. The number of amides is 2. The minimum atomic E-state index is -1.89. The van der Waals surface area contributed by atoms with E-state index in [2.05, 4.69) is 25.9 Å². The number of carbonyl (C=O) groups is 2. The monoisotopic (exact) mass is 958 g/mol. The van der Waals surface area contributed by atoms with E-state index in [0.717, 1.165) is 40.3 Å². The number of nitrogens with two attached hydrogens (primary N) is 3. The third kappa shape index (κ3) is 16.0. The van der Waals surface area contributed by atoms with Crippen LogP contribution in [0.2, 0.25) is 5.15 Å². The van der Waals surface area contributed by atoms with Crippen molar-refractivity contribution in [3.05, 3.63) is 88.2 Å². The first-order chi connectivity index (χ1) is 31.8. The van der Waals surface area contributed by atoms with Gasteiger partial charge in [-0.15, -0.1) is 0 Å². The number of hydrogen-bond donors (Lipinski definition) is 17. The second-order valence-corrected chi connectivity index (χ2v) is 16.6. The highest BCUT2D eigenvalue weighted by molar-refractivity contribution is 6.31. The lowest BCUT2D eigenvalue weighted by Crippen LogP contribution is -2.53. The maximum atomic E-state index is 13.3. The Morgan fingerprint density at radius 1 is 0.701 bits per heavy atom. The van der Waals surface area contributed by atoms with E-state index in [-0.39, 0.29) is 54.5 Å². The molecule has 4 aromatic rings. The van der Waals surface area contributed by atoms with Crippen molar-refractivity contribution in [1.82, 2.24) is 25.5 Å². The van der Waals surface area contributed by atoms with Crippen molar-refractivity contribution in [3.8, 4) is 0 Å². The molecule has 20 N–H and O–H groups in total. The van der Waals surface area contributed by atoms with Crippen molar-refractivity contribution in [1.29, 1.82) is 5.41 Å². The Kier molecular flexibility index (Phi) is 21.4. The molecule has 0 aliphatic heterocycles. The van der Waals surface area contributed by atoms with Crippen LogP contribution in [-0.4, -0.2) is 178 Å². The third-order valence-electron chi connectivity index (χ3n) is 11.1. The van der Waals surface area contributed by atoms with Crippen molar-refractivity contribution < 1.29 is 60.7 Å². The molecule has 2 amide bonds. The van der Waals surface area contributed by atoms with Gasteiger partial charge in [0, 0.05) is 25.3 Å². The van der Waals surface area contributed by atoms with Crippen LogP contribution in [0.15, 0.2) is 60.7 Å². The number of fused-ring (bicyclic) bond motifs is 1. The van der Waals surface area contributed by atoms with Crippen LogP contribution in [0.3, 0.4) is 0 Å². The molecular formula is C44H63ClN10O12. The Hall–Kier alpha value is -5.18. The summed E-state index contributed by atoms with van der Waals surface area (Å²) in [5.74, 6) is -1.72. The van der Waals surface area contributed by atoms with Crippen LogP contribution < -0.4 is 33.2 Å². The molecule has 9 atom stereocenters. The number of benzene rings is 3. The average Bonchev–Trinajstić information content (AvgIpc) is 3.31. The first-order valence-corrected chi connectivity index (χ1v) is 22.0. The van der Waals surface area contributed by atoms with Crippen molar-refractivity contribution in [2.24, 2.45) is 5.73 Å². The smallest absolute Gasteiger partial charge is 0.280 e. The summed E-state index contributed by atoms with van der Waals surface area (Å²) in [6.45, 7) is -1.95. The molecule has 22 nitrogen and oxygen atoms in total. The summed E-state index contributed by atoms with van der Waals surface area (Å²) < 4.78 is 0. The molecule has 0 fully saturated rings. The molecular weight excluding hydrogens is 896 g/mol. The molecule has 0 bridgehead atoms. The Bertz CT molecular complexity index is 2200. The number of aliphatic hydroxyl groups excluding tert-OH is 10. The third-order valence-corrected chi connectivity index (χ3v) is 11.4. The van der Waals surface area contributed by atoms with Crippen LogP contribution in [0.1, 0.15) is 46.4 Å². The maximum Gasteiger partial charge on any atom is 0.280 e. The number of nitrogens with one attached hydrogen (secondary N) is 4. The van der Waals surface area contributed by atoms with Crippen LogP contribution in [-0.2, 0) is 24.1 Å². The van der Waals surface area contributed by atoms with Crippen LogP contribution in [0.4, 0.5) is 17.3 Å². The number of carbonyl (C=O) groups excluding carboxylic acids is 2. The standard InChI is InChI=1S/C44H63ClN10O12/c45-39-41(48)53-40(47)34(52-39)43(67)54-44(49)50-16-4-3-7-24-12-13-25(28-9-2-1-8-27(24)28)18-29(46)42(66)51-26-14-10-23(11-15-26)6-5-17-55(19-30(58)35(62)37(64)32(60)21-56)20-31(59)36(63)38(65)33(61)22-57/h1-2,8-15,29-33,35-38,56-65H,3-7,16-22,46H2,(H,51,66)(H4,47,48,53)(H3,49,50,54,67)/t29-,30+,31+,32-,33-,35-,36-,37-,38-/m1/s1. The summed E-state index contributed by atoms with van der Waals surface area (Å²) in [6.07, 6.45) is -11.1. The number of nitrogens with zero attached hydrogens (tertiary/aromatic N) is 3. The summed E-state index contributed by atoms with van der Waals surface area (Å²) in [7, 11) is 0. The average molecular weight is 959 g/mol. The van der Waals surface area contributed by atoms with Gasteiger partial charge in [-0.05, 0) is 84.7 Å². The van der Waals surface area contributed by atoms with Crippen LogP contribution in [0, 0.1) is 5.41 Å². The number of aryl methyl sites for hydroxylation is 2. The summed E-state index contributed by atoms with van der Waals surface area (Å²) >= 11 is 5.85. The number of aromatic nitrogens is 2. The molecule has 3 aromatic carbocycles. The van der Waals surface area contributed by atoms with E-state index in [9.17, 15) is 50.4 Å². The molecule has 0 unspecified atom stereocenters. The number of anilines is 3. The Morgan fingerprint density at radius 3 is 1.84 bits per heavy atom. The summed E-state index contributed by atoms with van der Waals surface area (Å²) in [5, 5.41) is 118. The van der Waals surface area contributed by atoms with Crippen LogP contribution in [0.5, 0.6) is 0 Å². The molecule has 0 spiro atoms. The van der Waals surface area contributed by atoms with Crippen molar-refractivity contribution in [2.75, 3.05) is 56.2 Å². The molecule has 23 heteroatoms. The SMILES string of the molecule is N=C(NCCCCc1ccc(C[C@@H](N)C(=O)Nc2ccc(CCCN(C[C@H](O)[C@@H](O)[C@H](O)[C@H](O)CO)C[C@H](O)[C@@H](O)[C@H](O)[C@H](O)CO)cc2)c2ccccc12)NC(=O)c1nc(Cl)c(N)nc1N. The number of hydrogen-bond acceptors (Lipinski definition) is 19.